The summed E-state index contributed by atoms with van der Waals surface area (Å²) in [7, 11) is 2.17. The summed E-state index contributed by atoms with van der Waals surface area (Å²) in [5, 5.41) is 12.8. The first-order valence-electron chi connectivity index (χ1n) is 5.12. The molecule has 0 amide bonds. The van der Waals surface area contributed by atoms with Crippen LogP contribution in [0.5, 0.6) is 0 Å². The van der Waals surface area contributed by atoms with Gasteiger partial charge in [0.15, 0.2) is 0 Å². The van der Waals surface area contributed by atoms with Crippen LogP contribution in [0.3, 0.4) is 0 Å². The number of hydrogen-bond donors (Lipinski definition) is 2. The van der Waals surface area contributed by atoms with E-state index in [9.17, 15) is 5.11 Å². The van der Waals surface area contributed by atoms with Crippen molar-refractivity contribution in [1.29, 1.82) is 0 Å². The average Bonchev–Trinajstić information content (AvgIpc) is 2.34. The Morgan fingerprint density at radius 3 is 2.69 bits per heavy atom. The third kappa shape index (κ3) is 4.07. The Hall–Kier alpha value is -0.120. The molecule has 1 heterocycles. The highest BCUT2D eigenvalue weighted by molar-refractivity contribution is 4.79. The summed E-state index contributed by atoms with van der Waals surface area (Å²) >= 11 is 0. The van der Waals surface area contributed by atoms with Gasteiger partial charge in [-0.3, -0.25) is 0 Å². The summed E-state index contributed by atoms with van der Waals surface area (Å²) in [6, 6.07) is 0.669. The number of likely N-dealkylation sites (N-methyl/N-ethyl adjacent to an activating group) is 1. The third-order valence-corrected chi connectivity index (χ3v) is 2.61. The molecule has 1 aliphatic rings. The number of rotatable bonds is 4. The van der Waals surface area contributed by atoms with Crippen molar-refractivity contribution in [2.24, 2.45) is 0 Å². The molecule has 1 aliphatic heterocycles. The number of aliphatic hydroxyl groups is 1. The van der Waals surface area contributed by atoms with Gasteiger partial charge in [-0.2, -0.15) is 0 Å². The summed E-state index contributed by atoms with van der Waals surface area (Å²) in [6.07, 6.45) is 2.60. The lowest BCUT2D eigenvalue weighted by atomic mass is 10.1. The van der Waals surface area contributed by atoms with Crippen molar-refractivity contribution in [3.63, 3.8) is 0 Å². The van der Waals surface area contributed by atoms with Crippen LogP contribution in [-0.4, -0.2) is 48.3 Å². The van der Waals surface area contributed by atoms with E-state index in [1.165, 1.54) is 19.4 Å². The predicted molar refractivity (Wildman–Crippen MR) is 54.8 cm³/mol. The van der Waals surface area contributed by atoms with Gasteiger partial charge in [-0.25, -0.2) is 0 Å². The van der Waals surface area contributed by atoms with Gasteiger partial charge in [-0.05, 0) is 40.3 Å². The lowest BCUT2D eigenvalue weighted by Gasteiger charge is -2.23. The largest absolute Gasteiger partial charge is 0.389 e. The molecular formula is C10H22N2O. The van der Waals surface area contributed by atoms with Gasteiger partial charge in [0.1, 0.15) is 0 Å². The zero-order valence-electron chi connectivity index (χ0n) is 9.01. The van der Waals surface area contributed by atoms with Crippen LogP contribution in [0.1, 0.15) is 26.7 Å². The van der Waals surface area contributed by atoms with Crippen LogP contribution < -0.4 is 5.32 Å². The second-order valence-electron chi connectivity index (χ2n) is 4.72. The maximum Gasteiger partial charge on any atom is 0.0715 e. The zero-order chi connectivity index (χ0) is 9.90. The van der Waals surface area contributed by atoms with E-state index in [1.54, 1.807) is 0 Å². The summed E-state index contributed by atoms with van der Waals surface area (Å²) in [5.41, 5.74) is -0.586. The van der Waals surface area contributed by atoms with Gasteiger partial charge in [0.2, 0.25) is 0 Å². The molecule has 0 aromatic rings. The Bertz CT molecular complexity index is 153. The molecule has 0 unspecified atom stereocenters. The van der Waals surface area contributed by atoms with Crippen LogP contribution in [0.4, 0.5) is 0 Å². The minimum absolute atomic E-state index is 0.586. The van der Waals surface area contributed by atoms with E-state index in [2.05, 4.69) is 17.3 Å². The molecule has 78 valence electrons. The zero-order valence-corrected chi connectivity index (χ0v) is 9.01. The van der Waals surface area contributed by atoms with E-state index in [1.807, 2.05) is 13.8 Å². The molecule has 3 heteroatoms. The van der Waals surface area contributed by atoms with Crippen molar-refractivity contribution in [3.05, 3.63) is 0 Å². The van der Waals surface area contributed by atoms with E-state index in [-0.39, 0.29) is 0 Å². The maximum atomic E-state index is 9.48. The fraction of sp³-hybridized carbons (Fsp3) is 1.00. The maximum absolute atomic E-state index is 9.48. The van der Waals surface area contributed by atoms with E-state index in [0.717, 1.165) is 6.54 Å². The highest BCUT2D eigenvalue weighted by Gasteiger charge is 2.21. The summed E-state index contributed by atoms with van der Waals surface area (Å²) in [6.45, 7) is 6.56. The van der Waals surface area contributed by atoms with Crippen LogP contribution in [0.15, 0.2) is 0 Å². The van der Waals surface area contributed by atoms with Crippen molar-refractivity contribution in [1.82, 2.24) is 10.2 Å². The van der Waals surface area contributed by atoms with Crippen molar-refractivity contribution in [3.8, 4) is 0 Å². The lowest BCUT2D eigenvalue weighted by molar-refractivity contribution is 0.0781. The lowest BCUT2D eigenvalue weighted by Crippen LogP contribution is -2.41. The van der Waals surface area contributed by atoms with Crippen molar-refractivity contribution in [2.45, 2.75) is 38.3 Å². The molecule has 0 aliphatic carbocycles. The summed E-state index contributed by atoms with van der Waals surface area (Å²) in [5.74, 6) is 0. The van der Waals surface area contributed by atoms with E-state index in [4.69, 9.17) is 0 Å². The molecule has 3 nitrogen and oxygen atoms in total. The molecule has 0 saturated carbocycles. The number of nitrogens with one attached hydrogen (secondary N) is 1. The van der Waals surface area contributed by atoms with Gasteiger partial charge in [0.05, 0.1) is 5.60 Å². The van der Waals surface area contributed by atoms with Crippen LogP contribution in [0.2, 0.25) is 0 Å². The van der Waals surface area contributed by atoms with Crippen LogP contribution in [0.25, 0.3) is 0 Å². The molecule has 0 aromatic carbocycles. The van der Waals surface area contributed by atoms with Gasteiger partial charge in [-0.1, -0.05) is 0 Å². The van der Waals surface area contributed by atoms with Crippen molar-refractivity contribution in [2.75, 3.05) is 26.7 Å². The highest BCUT2D eigenvalue weighted by atomic mass is 16.3. The molecular weight excluding hydrogens is 164 g/mol. The molecule has 1 fully saturated rings. The van der Waals surface area contributed by atoms with E-state index < -0.39 is 5.60 Å². The molecule has 0 bridgehead atoms. The Morgan fingerprint density at radius 1 is 1.54 bits per heavy atom. The Morgan fingerprint density at radius 2 is 2.23 bits per heavy atom. The number of likely N-dealkylation sites (tertiary alicyclic amines) is 1. The monoisotopic (exact) mass is 186 g/mol. The first-order valence-corrected chi connectivity index (χ1v) is 5.12. The molecule has 0 aromatic heterocycles. The second kappa shape index (κ2) is 4.40. The van der Waals surface area contributed by atoms with Crippen LogP contribution in [-0.2, 0) is 0 Å². The van der Waals surface area contributed by atoms with Crippen LogP contribution >= 0.6 is 0 Å². The molecule has 0 spiro atoms. The standard InChI is InChI=1S/C10H22N2O/c1-10(2,13)8-11-7-9-5-4-6-12(9)3/h9,11,13H,4-8H2,1-3H3/t9-/m0/s1. The molecule has 13 heavy (non-hydrogen) atoms. The summed E-state index contributed by atoms with van der Waals surface area (Å²) < 4.78 is 0. The fourth-order valence-corrected chi connectivity index (χ4v) is 1.78. The Balaban J connectivity index is 2.12. The SMILES string of the molecule is CN1CCC[C@H]1CNCC(C)(C)O. The third-order valence-electron chi connectivity index (χ3n) is 2.61. The Kier molecular flexibility index (Phi) is 3.71. The van der Waals surface area contributed by atoms with E-state index in [0.29, 0.717) is 12.6 Å². The number of nitrogens with zero attached hydrogens (tertiary/aromatic N) is 1. The van der Waals surface area contributed by atoms with Crippen molar-refractivity contribution >= 4 is 0 Å². The van der Waals surface area contributed by atoms with E-state index >= 15 is 0 Å². The molecule has 1 saturated heterocycles. The minimum atomic E-state index is -0.586. The van der Waals surface area contributed by atoms with Crippen LogP contribution in [0, 0.1) is 0 Å². The predicted octanol–water partition coefficient (Wildman–Crippen LogP) is 0.441. The summed E-state index contributed by atoms with van der Waals surface area (Å²) in [4.78, 5) is 2.39. The van der Waals surface area contributed by atoms with Crippen molar-refractivity contribution < 1.29 is 5.11 Å². The molecule has 1 rings (SSSR count). The first kappa shape index (κ1) is 11.0. The van der Waals surface area contributed by atoms with Gasteiger partial charge >= 0.3 is 0 Å². The smallest absolute Gasteiger partial charge is 0.0715 e. The highest BCUT2D eigenvalue weighted by Crippen LogP contribution is 2.13. The minimum Gasteiger partial charge on any atom is -0.389 e. The Labute approximate surface area is 81.1 Å². The van der Waals surface area contributed by atoms with Gasteiger partial charge in [0.25, 0.3) is 0 Å². The number of hydrogen-bond acceptors (Lipinski definition) is 3. The topological polar surface area (TPSA) is 35.5 Å². The quantitative estimate of drug-likeness (QED) is 0.669. The average molecular weight is 186 g/mol. The van der Waals surface area contributed by atoms with Gasteiger partial charge < -0.3 is 15.3 Å². The van der Waals surface area contributed by atoms with Gasteiger partial charge in [0, 0.05) is 19.1 Å². The van der Waals surface area contributed by atoms with Gasteiger partial charge in [-0.15, -0.1) is 0 Å². The molecule has 2 N–H and O–H groups in total. The molecule has 0 radical (unpaired) electrons. The normalized spacial score (nSPS) is 25.4. The fourth-order valence-electron chi connectivity index (χ4n) is 1.78. The first-order chi connectivity index (χ1) is 5.99. The second-order valence-corrected chi connectivity index (χ2v) is 4.72. The molecule has 1 atom stereocenters.